The Kier molecular flexibility index (Phi) is 2.69. The molecule has 16 heavy (non-hydrogen) atoms. The van der Waals surface area contributed by atoms with Gasteiger partial charge >= 0.3 is 5.97 Å². The average molecular weight is 286 g/mol. The van der Waals surface area contributed by atoms with E-state index in [1.54, 1.807) is 6.07 Å². The number of carboxylic acids is 1. The van der Waals surface area contributed by atoms with Crippen molar-refractivity contribution in [2.45, 2.75) is 0 Å². The van der Waals surface area contributed by atoms with Crippen LogP contribution in [-0.2, 0) is 0 Å². The van der Waals surface area contributed by atoms with E-state index in [2.05, 4.69) is 26.0 Å². The van der Waals surface area contributed by atoms with Crippen LogP contribution in [0, 0.1) is 5.82 Å². The molecule has 0 atom stereocenters. The normalized spacial score (nSPS) is 10.4. The molecule has 0 bridgehead atoms. The largest absolute Gasteiger partial charge is 0.478 e. The summed E-state index contributed by atoms with van der Waals surface area (Å²) in [4.78, 5) is 14.5. The Bertz CT molecular complexity index is 555. The average Bonchev–Trinajstić information content (AvgIpc) is 2.64. The van der Waals surface area contributed by atoms with Crippen molar-refractivity contribution in [3.63, 3.8) is 0 Å². The van der Waals surface area contributed by atoms with E-state index >= 15 is 0 Å². The van der Waals surface area contributed by atoms with E-state index in [1.807, 2.05) is 0 Å². The minimum atomic E-state index is -1.34. The summed E-state index contributed by atoms with van der Waals surface area (Å²) in [7, 11) is 0. The molecule has 0 fully saturated rings. The van der Waals surface area contributed by atoms with Gasteiger partial charge in [-0.2, -0.15) is 5.10 Å². The first-order chi connectivity index (χ1) is 7.59. The van der Waals surface area contributed by atoms with Gasteiger partial charge in [-0.25, -0.2) is 18.9 Å². The predicted molar refractivity (Wildman–Crippen MR) is 56.0 cm³/mol. The van der Waals surface area contributed by atoms with Crippen molar-refractivity contribution in [1.82, 2.24) is 14.8 Å². The van der Waals surface area contributed by atoms with Gasteiger partial charge in [0.1, 0.15) is 10.2 Å². The van der Waals surface area contributed by atoms with Crippen LogP contribution in [0.25, 0.3) is 5.82 Å². The highest BCUT2D eigenvalue weighted by molar-refractivity contribution is 9.10. The van der Waals surface area contributed by atoms with Gasteiger partial charge in [-0.3, -0.25) is 0 Å². The van der Waals surface area contributed by atoms with Crippen molar-refractivity contribution in [1.29, 1.82) is 0 Å². The Morgan fingerprint density at radius 3 is 2.81 bits per heavy atom. The Hall–Kier alpha value is -1.76. The number of aromatic carboxylic acids is 1. The van der Waals surface area contributed by atoms with Crippen LogP contribution >= 0.6 is 15.9 Å². The Morgan fingerprint density at radius 2 is 2.25 bits per heavy atom. The summed E-state index contributed by atoms with van der Waals surface area (Å²) < 4.78 is 15.4. The first-order valence-corrected chi connectivity index (χ1v) is 4.98. The van der Waals surface area contributed by atoms with Crippen molar-refractivity contribution in [2.75, 3.05) is 0 Å². The summed E-state index contributed by atoms with van der Waals surface area (Å²) in [5.41, 5.74) is -0.434. The van der Waals surface area contributed by atoms with E-state index in [1.165, 1.54) is 12.4 Å². The minimum Gasteiger partial charge on any atom is -0.478 e. The lowest BCUT2D eigenvalue weighted by atomic mass is 10.2. The Balaban J connectivity index is 2.58. The highest BCUT2D eigenvalue weighted by Gasteiger charge is 2.16. The van der Waals surface area contributed by atoms with Crippen molar-refractivity contribution in [3.8, 4) is 5.82 Å². The summed E-state index contributed by atoms with van der Waals surface area (Å²) >= 11 is 3.10. The number of rotatable bonds is 2. The van der Waals surface area contributed by atoms with Gasteiger partial charge < -0.3 is 5.11 Å². The minimum absolute atomic E-state index is 0.148. The van der Waals surface area contributed by atoms with Crippen molar-refractivity contribution in [3.05, 3.63) is 40.5 Å². The highest BCUT2D eigenvalue weighted by Crippen LogP contribution is 2.15. The summed E-state index contributed by atoms with van der Waals surface area (Å²) in [5, 5.41) is 12.6. The van der Waals surface area contributed by atoms with Crippen LogP contribution in [-0.4, -0.2) is 25.8 Å². The molecule has 0 saturated carbocycles. The molecule has 1 N–H and O–H groups in total. The second-order valence-electron chi connectivity index (χ2n) is 2.88. The highest BCUT2D eigenvalue weighted by atomic mass is 79.9. The molecule has 0 aliphatic carbocycles. The molecule has 0 aromatic carbocycles. The van der Waals surface area contributed by atoms with Crippen LogP contribution in [0.4, 0.5) is 4.39 Å². The third kappa shape index (κ3) is 1.81. The number of carbonyl (C=O) groups is 1. The van der Waals surface area contributed by atoms with Crippen LogP contribution in [0.1, 0.15) is 10.4 Å². The number of nitrogens with zero attached hydrogens (tertiary/aromatic N) is 3. The topological polar surface area (TPSA) is 68.0 Å². The van der Waals surface area contributed by atoms with E-state index in [-0.39, 0.29) is 5.82 Å². The lowest BCUT2D eigenvalue weighted by Gasteiger charge is -2.03. The molecule has 2 aromatic rings. The molecule has 5 nitrogen and oxygen atoms in total. The number of hydrogen-bond acceptors (Lipinski definition) is 3. The van der Waals surface area contributed by atoms with Gasteiger partial charge in [-0.1, -0.05) is 0 Å². The number of hydrogen-bond donors (Lipinski definition) is 1. The van der Waals surface area contributed by atoms with Crippen LogP contribution in [0.2, 0.25) is 0 Å². The van der Waals surface area contributed by atoms with E-state index in [9.17, 15) is 9.18 Å². The van der Waals surface area contributed by atoms with Crippen LogP contribution in [0.15, 0.2) is 29.1 Å². The van der Waals surface area contributed by atoms with Gasteiger partial charge in [0.25, 0.3) is 0 Å². The zero-order valence-corrected chi connectivity index (χ0v) is 9.35. The molecular formula is C9H5BrFN3O2. The molecule has 0 saturated heterocycles. The third-order valence-corrected chi connectivity index (χ3v) is 2.30. The molecule has 7 heteroatoms. The second kappa shape index (κ2) is 4.01. The molecule has 0 radical (unpaired) electrons. The number of halogens is 2. The molecule has 0 spiro atoms. The molecule has 0 amide bonds. The monoisotopic (exact) mass is 285 g/mol. The van der Waals surface area contributed by atoms with E-state index < -0.39 is 17.3 Å². The fourth-order valence-corrected chi connectivity index (χ4v) is 1.47. The predicted octanol–water partition coefficient (Wildman–Crippen LogP) is 1.87. The number of aromatic nitrogens is 3. The summed E-state index contributed by atoms with van der Waals surface area (Å²) in [5.74, 6) is -2.40. The number of pyridine rings is 1. The third-order valence-electron chi connectivity index (χ3n) is 1.87. The molecule has 0 unspecified atom stereocenters. The Labute approximate surface area is 97.7 Å². The molecule has 2 rings (SSSR count). The zero-order valence-electron chi connectivity index (χ0n) is 7.76. The molecular weight excluding hydrogens is 281 g/mol. The SMILES string of the molecule is O=C(O)c1ccnc(-n2ccc(Br)n2)c1F. The fourth-order valence-electron chi connectivity index (χ4n) is 1.18. The molecule has 0 aliphatic rings. The van der Waals surface area contributed by atoms with Gasteiger partial charge in [0, 0.05) is 12.4 Å². The van der Waals surface area contributed by atoms with Gasteiger partial charge in [-0.05, 0) is 28.1 Å². The number of carboxylic acid groups (broad SMARTS) is 1. The summed E-state index contributed by atoms with van der Waals surface area (Å²) in [6.07, 6.45) is 2.69. The molecule has 82 valence electrons. The smallest absolute Gasteiger partial charge is 0.338 e. The zero-order chi connectivity index (χ0) is 11.7. The quantitative estimate of drug-likeness (QED) is 0.915. The fraction of sp³-hybridized carbons (Fsp3) is 0. The first kappa shape index (κ1) is 10.7. The lowest BCUT2D eigenvalue weighted by Crippen LogP contribution is -2.08. The molecule has 2 aromatic heterocycles. The van der Waals surface area contributed by atoms with E-state index in [0.717, 1.165) is 10.7 Å². The summed E-state index contributed by atoms with van der Waals surface area (Å²) in [6, 6.07) is 2.69. The maximum atomic E-state index is 13.7. The van der Waals surface area contributed by atoms with E-state index in [0.29, 0.717) is 4.60 Å². The van der Waals surface area contributed by atoms with Crippen LogP contribution < -0.4 is 0 Å². The van der Waals surface area contributed by atoms with E-state index in [4.69, 9.17) is 5.11 Å². The maximum Gasteiger partial charge on any atom is 0.338 e. The van der Waals surface area contributed by atoms with Gasteiger partial charge in [0.05, 0.1) is 0 Å². The van der Waals surface area contributed by atoms with Crippen molar-refractivity contribution >= 4 is 21.9 Å². The standard InChI is InChI=1S/C9H5BrFN3O2/c10-6-2-4-14(13-6)8-7(11)5(9(15)16)1-3-12-8/h1-4H,(H,15,16). The van der Waals surface area contributed by atoms with Gasteiger partial charge in [-0.15, -0.1) is 0 Å². The van der Waals surface area contributed by atoms with Gasteiger partial charge in [0.2, 0.25) is 0 Å². The molecule has 0 aliphatic heterocycles. The lowest BCUT2D eigenvalue weighted by molar-refractivity contribution is 0.0691. The summed E-state index contributed by atoms with van der Waals surface area (Å²) in [6.45, 7) is 0. The molecule has 2 heterocycles. The maximum absolute atomic E-state index is 13.7. The second-order valence-corrected chi connectivity index (χ2v) is 3.70. The van der Waals surface area contributed by atoms with Crippen LogP contribution in [0.5, 0.6) is 0 Å². The van der Waals surface area contributed by atoms with Gasteiger partial charge in [0.15, 0.2) is 11.6 Å². The first-order valence-electron chi connectivity index (χ1n) is 4.19. The Morgan fingerprint density at radius 1 is 1.50 bits per heavy atom. The van der Waals surface area contributed by atoms with Crippen molar-refractivity contribution in [2.24, 2.45) is 0 Å². The van der Waals surface area contributed by atoms with Crippen LogP contribution in [0.3, 0.4) is 0 Å². The van der Waals surface area contributed by atoms with Crippen molar-refractivity contribution < 1.29 is 14.3 Å².